The summed E-state index contributed by atoms with van der Waals surface area (Å²) in [6.45, 7) is 14.3. The molecule has 0 unspecified atom stereocenters. The molecule has 1 aliphatic rings. The summed E-state index contributed by atoms with van der Waals surface area (Å²) in [5.74, 6) is 1.71. The van der Waals surface area contributed by atoms with Crippen LogP contribution >= 0.6 is 24.0 Å². The second-order valence-corrected chi connectivity index (χ2v) is 5.68. The normalized spacial score (nSPS) is 16.7. The van der Waals surface area contributed by atoms with Crippen molar-refractivity contribution < 1.29 is 4.74 Å². The van der Waals surface area contributed by atoms with E-state index in [-0.39, 0.29) is 24.0 Å². The van der Waals surface area contributed by atoms with Crippen LogP contribution in [0.3, 0.4) is 0 Å². The van der Waals surface area contributed by atoms with Gasteiger partial charge < -0.3 is 15.4 Å². The third-order valence-corrected chi connectivity index (χ3v) is 3.38. The highest BCUT2D eigenvalue weighted by molar-refractivity contribution is 14.0. The number of guanidine groups is 1. The van der Waals surface area contributed by atoms with E-state index in [0.717, 1.165) is 70.8 Å². The average Bonchev–Trinajstić information content (AvgIpc) is 2.44. The minimum absolute atomic E-state index is 0. The van der Waals surface area contributed by atoms with Gasteiger partial charge in [-0.25, -0.2) is 0 Å². The average molecular weight is 412 g/mol. The van der Waals surface area contributed by atoms with E-state index in [2.05, 4.69) is 41.3 Å². The first-order valence-electron chi connectivity index (χ1n) is 8.04. The molecule has 1 aliphatic heterocycles. The van der Waals surface area contributed by atoms with E-state index in [0.29, 0.717) is 0 Å². The van der Waals surface area contributed by atoms with Crippen molar-refractivity contribution in [1.82, 2.24) is 15.5 Å². The molecule has 126 valence electrons. The number of aliphatic imine (C=N–C) groups is 1. The second-order valence-electron chi connectivity index (χ2n) is 5.68. The Bertz CT molecular complexity index is 268. The molecule has 0 aromatic rings. The van der Waals surface area contributed by atoms with Crippen molar-refractivity contribution in [2.24, 2.45) is 10.9 Å². The molecule has 1 saturated heterocycles. The van der Waals surface area contributed by atoms with E-state index in [1.165, 1.54) is 6.42 Å². The molecule has 0 aromatic heterocycles. The van der Waals surface area contributed by atoms with Gasteiger partial charge >= 0.3 is 0 Å². The number of nitrogens with one attached hydrogen (secondary N) is 2. The Labute approximate surface area is 147 Å². The Morgan fingerprint density at radius 2 is 1.95 bits per heavy atom. The summed E-state index contributed by atoms with van der Waals surface area (Å²) in [6.07, 6.45) is 2.41. The summed E-state index contributed by atoms with van der Waals surface area (Å²) in [7, 11) is 0. The highest BCUT2D eigenvalue weighted by Gasteiger charge is 2.09. The summed E-state index contributed by atoms with van der Waals surface area (Å²) < 4.78 is 5.35. The summed E-state index contributed by atoms with van der Waals surface area (Å²) in [4.78, 5) is 7.05. The molecule has 6 heteroatoms. The molecular formula is C15H33IN4O. The Hall–Kier alpha value is -0.0800. The van der Waals surface area contributed by atoms with Gasteiger partial charge in [0, 0.05) is 39.3 Å². The molecule has 0 aromatic carbocycles. The SMILES string of the molecule is CCNC(=NCCCC(C)C)NCCN1CCOCC1.I. The van der Waals surface area contributed by atoms with Crippen LogP contribution < -0.4 is 10.6 Å². The lowest BCUT2D eigenvalue weighted by Gasteiger charge is -2.26. The first-order chi connectivity index (χ1) is 9.72. The van der Waals surface area contributed by atoms with Crippen LogP contribution in [0.15, 0.2) is 4.99 Å². The molecule has 21 heavy (non-hydrogen) atoms. The van der Waals surface area contributed by atoms with Crippen LogP contribution in [0.25, 0.3) is 0 Å². The lowest BCUT2D eigenvalue weighted by Crippen LogP contribution is -2.44. The van der Waals surface area contributed by atoms with Crippen molar-refractivity contribution in [1.29, 1.82) is 0 Å². The Morgan fingerprint density at radius 3 is 2.57 bits per heavy atom. The lowest BCUT2D eigenvalue weighted by atomic mass is 10.1. The molecule has 5 nitrogen and oxygen atoms in total. The predicted octanol–water partition coefficient (Wildman–Crippen LogP) is 1.93. The first-order valence-corrected chi connectivity index (χ1v) is 8.04. The fourth-order valence-corrected chi connectivity index (χ4v) is 2.19. The number of nitrogens with zero attached hydrogens (tertiary/aromatic N) is 2. The van der Waals surface area contributed by atoms with E-state index in [1.54, 1.807) is 0 Å². The van der Waals surface area contributed by atoms with Crippen LogP contribution in [0.5, 0.6) is 0 Å². The number of ether oxygens (including phenoxy) is 1. The molecule has 0 saturated carbocycles. The monoisotopic (exact) mass is 412 g/mol. The van der Waals surface area contributed by atoms with Crippen molar-refractivity contribution in [3.8, 4) is 0 Å². The van der Waals surface area contributed by atoms with Gasteiger partial charge in [-0.05, 0) is 25.7 Å². The van der Waals surface area contributed by atoms with Gasteiger partial charge in [-0.3, -0.25) is 9.89 Å². The van der Waals surface area contributed by atoms with E-state index >= 15 is 0 Å². The first kappa shape index (κ1) is 20.9. The fourth-order valence-electron chi connectivity index (χ4n) is 2.19. The minimum Gasteiger partial charge on any atom is -0.379 e. The Kier molecular flexibility index (Phi) is 13.5. The lowest BCUT2D eigenvalue weighted by molar-refractivity contribution is 0.0389. The van der Waals surface area contributed by atoms with Crippen molar-refractivity contribution in [3.63, 3.8) is 0 Å². The zero-order valence-electron chi connectivity index (χ0n) is 13.9. The van der Waals surface area contributed by atoms with Crippen molar-refractivity contribution in [2.45, 2.75) is 33.6 Å². The number of hydrogen-bond donors (Lipinski definition) is 2. The quantitative estimate of drug-likeness (QED) is 0.277. The molecule has 0 atom stereocenters. The molecule has 1 heterocycles. The van der Waals surface area contributed by atoms with Gasteiger partial charge in [0.15, 0.2) is 5.96 Å². The zero-order chi connectivity index (χ0) is 14.6. The van der Waals surface area contributed by atoms with Gasteiger partial charge in [0.05, 0.1) is 13.2 Å². The van der Waals surface area contributed by atoms with Crippen LogP contribution in [0.2, 0.25) is 0 Å². The fraction of sp³-hybridized carbons (Fsp3) is 0.933. The predicted molar refractivity (Wildman–Crippen MR) is 101 cm³/mol. The molecule has 0 spiro atoms. The zero-order valence-corrected chi connectivity index (χ0v) is 16.2. The van der Waals surface area contributed by atoms with Gasteiger partial charge in [0.2, 0.25) is 0 Å². The van der Waals surface area contributed by atoms with Crippen molar-refractivity contribution >= 4 is 29.9 Å². The largest absolute Gasteiger partial charge is 0.379 e. The van der Waals surface area contributed by atoms with E-state index < -0.39 is 0 Å². The van der Waals surface area contributed by atoms with Crippen LogP contribution in [0, 0.1) is 5.92 Å². The summed E-state index contributed by atoms with van der Waals surface area (Å²) in [5, 5.41) is 6.72. The van der Waals surface area contributed by atoms with Crippen LogP contribution in [-0.2, 0) is 4.74 Å². The number of hydrogen-bond acceptors (Lipinski definition) is 3. The molecule has 0 amide bonds. The van der Waals surface area contributed by atoms with Crippen LogP contribution in [0.4, 0.5) is 0 Å². The molecule has 1 rings (SSSR count). The maximum absolute atomic E-state index is 5.35. The summed E-state index contributed by atoms with van der Waals surface area (Å²) in [5.41, 5.74) is 0. The van der Waals surface area contributed by atoms with Crippen molar-refractivity contribution in [2.75, 3.05) is 52.5 Å². The maximum Gasteiger partial charge on any atom is 0.191 e. The topological polar surface area (TPSA) is 48.9 Å². The molecule has 0 aliphatic carbocycles. The van der Waals surface area contributed by atoms with Gasteiger partial charge in [0.25, 0.3) is 0 Å². The Balaban J connectivity index is 0.00000400. The third-order valence-electron chi connectivity index (χ3n) is 3.38. The number of morpholine rings is 1. The van der Waals surface area contributed by atoms with E-state index in [9.17, 15) is 0 Å². The summed E-state index contributed by atoms with van der Waals surface area (Å²) in [6, 6.07) is 0. The molecule has 1 fully saturated rings. The third kappa shape index (κ3) is 11.2. The summed E-state index contributed by atoms with van der Waals surface area (Å²) >= 11 is 0. The standard InChI is InChI=1S/C15H32N4O.HI/c1-4-16-15(17-7-5-6-14(2)3)18-8-9-19-10-12-20-13-11-19;/h14H,4-13H2,1-3H3,(H2,16,17,18);1H. The minimum atomic E-state index is 0. The maximum atomic E-state index is 5.35. The molecule has 2 N–H and O–H groups in total. The molecular weight excluding hydrogens is 379 g/mol. The molecule has 0 bridgehead atoms. The second kappa shape index (κ2) is 13.6. The van der Waals surface area contributed by atoms with Gasteiger partial charge in [-0.15, -0.1) is 24.0 Å². The van der Waals surface area contributed by atoms with Gasteiger partial charge in [-0.1, -0.05) is 13.8 Å². The highest BCUT2D eigenvalue weighted by atomic mass is 127. The highest BCUT2D eigenvalue weighted by Crippen LogP contribution is 2.02. The molecule has 0 radical (unpaired) electrons. The van der Waals surface area contributed by atoms with Crippen LogP contribution in [-0.4, -0.2) is 63.3 Å². The number of halogens is 1. The van der Waals surface area contributed by atoms with Gasteiger partial charge in [0.1, 0.15) is 0 Å². The number of rotatable bonds is 8. The smallest absolute Gasteiger partial charge is 0.191 e. The van der Waals surface area contributed by atoms with Crippen LogP contribution in [0.1, 0.15) is 33.6 Å². The van der Waals surface area contributed by atoms with E-state index in [4.69, 9.17) is 4.74 Å². The van der Waals surface area contributed by atoms with Crippen molar-refractivity contribution in [3.05, 3.63) is 0 Å². The van der Waals surface area contributed by atoms with E-state index in [1.807, 2.05) is 0 Å². The Morgan fingerprint density at radius 1 is 1.24 bits per heavy atom. The van der Waals surface area contributed by atoms with Gasteiger partial charge in [-0.2, -0.15) is 0 Å².